The number of methoxy groups -OCH3 is 1. The molecule has 4 nitrogen and oxygen atoms in total. The summed E-state index contributed by atoms with van der Waals surface area (Å²) < 4.78 is 5.02. The summed E-state index contributed by atoms with van der Waals surface area (Å²) in [5.74, 6) is 0.670. The highest BCUT2D eigenvalue weighted by Gasteiger charge is 2.26. The predicted molar refractivity (Wildman–Crippen MR) is 55.0 cm³/mol. The minimum Gasteiger partial charge on any atom is -0.504 e. The fourth-order valence-corrected chi connectivity index (χ4v) is 1.86. The number of ether oxygens (including phenoxy) is 1. The zero-order valence-electron chi connectivity index (χ0n) is 8.49. The Labute approximate surface area is 87.9 Å². The van der Waals surface area contributed by atoms with Crippen LogP contribution >= 0.6 is 0 Å². The number of para-hydroxylation sites is 1. The summed E-state index contributed by atoms with van der Waals surface area (Å²) in [7, 11) is 1.51. The monoisotopic (exact) mass is 207 g/mol. The van der Waals surface area contributed by atoms with Crippen molar-refractivity contribution in [2.75, 3.05) is 13.7 Å². The number of phenols is 1. The molecule has 1 aliphatic heterocycles. The lowest BCUT2D eigenvalue weighted by atomic mass is 9.97. The average molecular weight is 207 g/mol. The summed E-state index contributed by atoms with van der Waals surface area (Å²) in [4.78, 5) is 11.1. The van der Waals surface area contributed by atoms with Gasteiger partial charge in [-0.05, 0) is 6.07 Å². The van der Waals surface area contributed by atoms with E-state index in [0.717, 1.165) is 5.56 Å². The molecule has 0 aliphatic carbocycles. The van der Waals surface area contributed by atoms with E-state index < -0.39 is 0 Å². The van der Waals surface area contributed by atoms with Crippen molar-refractivity contribution in [3.8, 4) is 11.5 Å². The van der Waals surface area contributed by atoms with E-state index in [2.05, 4.69) is 5.32 Å². The minimum absolute atomic E-state index is 0.0298. The van der Waals surface area contributed by atoms with E-state index in [1.807, 2.05) is 12.1 Å². The average Bonchev–Trinajstić information content (AvgIpc) is 2.65. The van der Waals surface area contributed by atoms with Gasteiger partial charge in [0, 0.05) is 24.4 Å². The molecule has 1 aromatic carbocycles. The quantitative estimate of drug-likeness (QED) is 0.760. The van der Waals surface area contributed by atoms with E-state index in [9.17, 15) is 9.90 Å². The van der Waals surface area contributed by atoms with E-state index in [1.165, 1.54) is 7.11 Å². The lowest BCUT2D eigenvalue weighted by Crippen LogP contribution is -2.13. The second-order valence-electron chi connectivity index (χ2n) is 3.60. The van der Waals surface area contributed by atoms with Crippen LogP contribution in [0.25, 0.3) is 0 Å². The molecule has 0 spiro atoms. The van der Waals surface area contributed by atoms with Gasteiger partial charge >= 0.3 is 0 Å². The second kappa shape index (κ2) is 3.81. The normalized spacial score (nSPS) is 20.1. The molecule has 1 saturated heterocycles. The minimum atomic E-state index is 0.0298. The summed E-state index contributed by atoms with van der Waals surface area (Å²) in [5.41, 5.74) is 0.771. The van der Waals surface area contributed by atoms with Crippen LogP contribution in [0.1, 0.15) is 17.9 Å². The molecular weight excluding hydrogens is 194 g/mol. The highest BCUT2D eigenvalue weighted by Crippen LogP contribution is 2.36. The van der Waals surface area contributed by atoms with Crippen LogP contribution in [0, 0.1) is 0 Å². The maximum atomic E-state index is 11.1. The van der Waals surface area contributed by atoms with Gasteiger partial charge in [-0.15, -0.1) is 0 Å². The Balaban J connectivity index is 2.32. The van der Waals surface area contributed by atoms with Gasteiger partial charge < -0.3 is 15.2 Å². The molecule has 0 radical (unpaired) electrons. The molecule has 1 fully saturated rings. The maximum absolute atomic E-state index is 11.1. The van der Waals surface area contributed by atoms with Crippen molar-refractivity contribution in [2.45, 2.75) is 12.3 Å². The first-order valence-electron chi connectivity index (χ1n) is 4.85. The van der Waals surface area contributed by atoms with Crippen LogP contribution in [0.4, 0.5) is 0 Å². The van der Waals surface area contributed by atoms with E-state index in [0.29, 0.717) is 18.7 Å². The number of hydrogen-bond acceptors (Lipinski definition) is 3. The fourth-order valence-electron chi connectivity index (χ4n) is 1.86. The predicted octanol–water partition coefficient (Wildman–Crippen LogP) is 1.00. The molecule has 1 unspecified atom stereocenters. The summed E-state index contributed by atoms with van der Waals surface area (Å²) >= 11 is 0. The van der Waals surface area contributed by atoms with Gasteiger partial charge in [0.2, 0.25) is 5.91 Å². The Kier molecular flexibility index (Phi) is 2.49. The number of rotatable bonds is 2. The molecule has 1 aromatic rings. The molecule has 15 heavy (non-hydrogen) atoms. The SMILES string of the molecule is COc1cccc(C2CNC(=O)C2)c1O. The van der Waals surface area contributed by atoms with Gasteiger partial charge in [-0.2, -0.15) is 0 Å². The Bertz CT molecular complexity index is 389. The van der Waals surface area contributed by atoms with Crippen LogP contribution in [0.2, 0.25) is 0 Å². The van der Waals surface area contributed by atoms with E-state index in [1.54, 1.807) is 6.07 Å². The lowest BCUT2D eigenvalue weighted by molar-refractivity contribution is -0.119. The summed E-state index contributed by atoms with van der Waals surface area (Å²) in [5, 5.41) is 12.6. The zero-order valence-corrected chi connectivity index (χ0v) is 8.49. The number of nitrogens with one attached hydrogen (secondary N) is 1. The molecule has 1 amide bonds. The van der Waals surface area contributed by atoms with Gasteiger partial charge in [-0.25, -0.2) is 0 Å². The van der Waals surface area contributed by atoms with E-state index in [4.69, 9.17) is 4.74 Å². The summed E-state index contributed by atoms with van der Waals surface area (Å²) in [6, 6.07) is 5.34. The van der Waals surface area contributed by atoms with Crippen molar-refractivity contribution < 1.29 is 14.6 Å². The summed E-state index contributed by atoms with van der Waals surface area (Å²) in [6.07, 6.45) is 0.431. The molecule has 0 aromatic heterocycles. The molecule has 0 saturated carbocycles. The molecule has 2 rings (SSSR count). The molecule has 2 N–H and O–H groups in total. The third-order valence-corrected chi connectivity index (χ3v) is 2.67. The van der Waals surface area contributed by atoms with Crippen LogP contribution in [0.5, 0.6) is 11.5 Å². The standard InChI is InChI=1S/C11H13NO3/c1-15-9-4-2-3-8(11(9)14)7-5-10(13)12-6-7/h2-4,7,14H,5-6H2,1H3,(H,12,13). The first kappa shape index (κ1) is 9.83. The first-order chi connectivity index (χ1) is 7.22. The van der Waals surface area contributed by atoms with Gasteiger partial charge in [0.25, 0.3) is 0 Å². The number of carbonyl (C=O) groups excluding carboxylic acids is 1. The van der Waals surface area contributed by atoms with Crippen LogP contribution < -0.4 is 10.1 Å². The Morgan fingerprint density at radius 2 is 2.33 bits per heavy atom. The number of benzene rings is 1. The number of hydrogen-bond donors (Lipinski definition) is 2. The first-order valence-corrected chi connectivity index (χ1v) is 4.85. The van der Waals surface area contributed by atoms with Crippen LogP contribution in [0.15, 0.2) is 18.2 Å². The Hall–Kier alpha value is -1.71. The Morgan fingerprint density at radius 3 is 2.93 bits per heavy atom. The summed E-state index contributed by atoms with van der Waals surface area (Å²) in [6.45, 7) is 0.583. The van der Waals surface area contributed by atoms with E-state index in [-0.39, 0.29) is 17.6 Å². The molecular formula is C11H13NO3. The van der Waals surface area contributed by atoms with Gasteiger partial charge in [-0.3, -0.25) is 4.79 Å². The third kappa shape index (κ3) is 1.75. The third-order valence-electron chi connectivity index (χ3n) is 2.67. The topological polar surface area (TPSA) is 58.6 Å². The van der Waals surface area contributed by atoms with Crippen molar-refractivity contribution in [1.29, 1.82) is 0 Å². The molecule has 1 aliphatic rings. The largest absolute Gasteiger partial charge is 0.504 e. The van der Waals surface area contributed by atoms with Crippen molar-refractivity contribution in [2.24, 2.45) is 0 Å². The maximum Gasteiger partial charge on any atom is 0.220 e. The number of amides is 1. The van der Waals surface area contributed by atoms with Crippen molar-refractivity contribution in [1.82, 2.24) is 5.32 Å². The number of phenolic OH excluding ortho intramolecular Hbond substituents is 1. The van der Waals surface area contributed by atoms with Gasteiger partial charge in [0.1, 0.15) is 0 Å². The van der Waals surface area contributed by atoms with Crippen molar-refractivity contribution in [3.63, 3.8) is 0 Å². The molecule has 1 heterocycles. The van der Waals surface area contributed by atoms with E-state index >= 15 is 0 Å². The smallest absolute Gasteiger partial charge is 0.220 e. The molecule has 0 bridgehead atoms. The highest BCUT2D eigenvalue weighted by molar-refractivity contribution is 5.79. The molecule has 1 atom stereocenters. The lowest BCUT2D eigenvalue weighted by Gasteiger charge is -2.12. The van der Waals surface area contributed by atoms with Gasteiger partial charge in [-0.1, -0.05) is 12.1 Å². The van der Waals surface area contributed by atoms with Crippen molar-refractivity contribution >= 4 is 5.91 Å². The van der Waals surface area contributed by atoms with Crippen LogP contribution in [0.3, 0.4) is 0 Å². The number of aromatic hydroxyl groups is 1. The molecule has 4 heteroatoms. The van der Waals surface area contributed by atoms with Crippen LogP contribution in [-0.4, -0.2) is 24.7 Å². The second-order valence-corrected chi connectivity index (χ2v) is 3.60. The number of carbonyl (C=O) groups is 1. The van der Waals surface area contributed by atoms with Crippen LogP contribution in [-0.2, 0) is 4.79 Å². The van der Waals surface area contributed by atoms with Crippen molar-refractivity contribution in [3.05, 3.63) is 23.8 Å². The van der Waals surface area contributed by atoms with Gasteiger partial charge in [0.15, 0.2) is 11.5 Å². The fraction of sp³-hybridized carbons (Fsp3) is 0.364. The Morgan fingerprint density at radius 1 is 1.53 bits per heavy atom. The zero-order chi connectivity index (χ0) is 10.8. The van der Waals surface area contributed by atoms with Gasteiger partial charge in [0.05, 0.1) is 7.11 Å². The highest BCUT2D eigenvalue weighted by atomic mass is 16.5. The molecule has 80 valence electrons.